The number of rotatable bonds is 8. The first-order chi connectivity index (χ1) is 8.74. The second-order valence-corrected chi connectivity index (χ2v) is 4.64. The summed E-state index contributed by atoms with van der Waals surface area (Å²) >= 11 is 0. The van der Waals surface area contributed by atoms with Gasteiger partial charge in [-0.1, -0.05) is 26.7 Å². The van der Waals surface area contributed by atoms with Crippen molar-refractivity contribution in [2.45, 2.75) is 40.2 Å². The molecule has 4 nitrogen and oxygen atoms in total. The zero-order chi connectivity index (χ0) is 13.4. The van der Waals surface area contributed by atoms with Crippen LogP contribution in [0.15, 0.2) is 12.4 Å². The second kappa shape index (κ2) is 8.03. The normalized spacial score (nSPS) is 10.9. The highest BCUT2D eigenvalue weighted by molar-refractivity contribution is 5.29. The first kappa shape index (κ1) is 14.9. The number of anilines is 1. The molecule has 0 aromatic carbocycles. The van der Waals surface area contributed by atoms with Crippen LogP contribution in [-0.4, -0.2) is 30.1 Å². The fraction of sp³-hybridized carbons (Fsp3) is 0.714. The molecule has 18 heavy (non-hydrogen) atoms. The molecular formula is C14H26N4. The number of hydrogen-bond donors (Lipinski definition) is 1. The molecule has 0 aliphatic rings. The average molecular weight is 250 g/mol. The summed E-state index contributed by atoms with van der Waals surface area (Å²) < 4.78 is 0. The monoisotopic (exact) mass is 250 g/mol. The molecule has 0 saturated heterocycles. The van der Waals surface area contributed by atoms with Crippen molar-refractivity contribution in [3.8, 4) is 0 Å². The summed E-state index contributed by atoms with van der Waals surface area (Å²) in [4.78, 5) is 11.2. The molecule has 0 radical (unpaired) electrons. The van der Waals surface area contributed by atoms with Crippen molar-refractivity contribution in [2.75, 3.05) is 25.0 Å². The third-order valence-corrected chi connectivity index (χ3v) is 3.37. The van der Waals surface area contributed by atoms with E-state index in [1.807, 2.05) is 19.4 Å². The van der Waals surface area contributed by atoms with E-state index in [4.69, 9.17) is 0 Å². The molecule has 0 aliphatic heterocycles. The molecule has 1 aromatic heterocycles. The SMILES string of the molecule is CCC(CC)CN(CC)c1ncc(CNC)cn1. The van der Waals surface area contributed by atoms with Crippen LogP contribution >= 0.6 is 0 Å². The van der Waals surface area contributed by atoms with Crippen molar-refractivity contribution in [3.05, 3.63) is 18.0 Å². The molecular weight excluding hydrogens is 224 g/mol. The van der Waals surface area contributed by atoms with Crippen molar-refractivity contribution >= 4 is 5.95 Å². The van der Waals surface area contributed by atoms with E-state index >= 15 is 0 Å². The summed E-state index contributed by atoms with van der Waals surface area (Å²) in [5.74, 6) is 1.58. The predicted molar refractivity (Wildman–Crippen MR) is 76.8 cm³/mol. The van der Waals surface area contributed by atoms with Crippen LogP contribution < -0.4 is 10.2 Å². The quantitative estimate of drug-likeness (QED) is 0.769. The van der Waals surface area contributed by atoms with Gasteiger partial charge in [0.05, 0.1) is 0 Å². The number of nitrogens with zero attached hydrogens (tertiary/aromatic N) is 3. The predicted octanol–water partition coefficient (Wildman–Crippen LogP) is 2.46. The van der Waals surface area contributed by atoms with Gasteiger partial charge in [-0.2, -0.15) is 0 Å². The van der Waals surface area contributed by atoms with E-state index in [2.05, 4.69) is 41.0 Å². The van der Waals surface area contributed by atoms with Crippen LogP contribution in [0.25, 0.3) is 0 Å². The first-order valence-electron chi connectivity index (χ1n) is 6.95. The van der Waals surface area contributed by atoms with Gasteiger partial charge in [0, 0.05) is 37.6 Å². The summed E-state index contributed by atoms with van der Waals surface area (Å²) in [6.07, 6.45) is 6.25. The van der Waals surface area contributed by atoms with E-state index in [0.29, 0.717) is 0 Å². The summed E-state index contributed by atoms with van der Waals surface area (Å²) in [7, 11) is 1.93. The minimum atomic E-state index is 0.727. The summed E-state index contributed by atoms with van der Waals surface area (Å²) in [6, 6.07) is 0. The maximum absolute atomic E-state index is 4.46. The molecule has 1 aromatic rings. The van der Waals surface area contributed by atoms with Crippen LogP contribution in [0.1, 0.15) is 39.2 Å². The Morgan fingerprint density at radius 2 is 1.78 bits per heavy atom. The zero-order valence-corrected chi connectivity index (χ0v) is 12.1. The van der Waals surface area contributed by atoms with Gasteiger partial charge < -0.3 is 10.2 Å². The Balaban J connectivity index is 2.69. The Kier molecular flexibility index (Phi) is 6.65. The third kappa shape index (κ3) is 4.26. The van der Waals surface area contributed by atoms with Crippen LogP contribution in [0.4, 0.5) is 5.95 Å². The Morgan fingerprint density at radius 3 is 2.22 bits per heavy atom. The summed E-state index contributed by atoms with van der Waals surface area (Å²) in [5, 5.41) is 3.10. The lowest BCUT2D eigenvalue weighted by molar-refractivity contribution is 0.482. The molecule has 0 atom stereocenters. The highest BCUT2D eigenvalue weighted by Gasteiger charge is 2.12. The number of nitrogens with one attached hydrogen (secondary N) is 1. The van der Waals surface area contributed by atoms with Gasteiger partial charge in [0.2, 0.25) is 5.95 Å². The average Bonchev–Trinajstić information content (AvgIpc) is 2.42. The van der Waals surface area contributed by atoms with E-state index in [0.717, 1.165) is 37.1 Å². The zero-order valence-electron chi connectivity index (χ0n) is 12.1. The van der Waals surface area contributed by atoms with E-state index in [1.165, 1.54) is 12.8 Å². The van der Waals surface area contributed by atoms with E-state index in [1.54, 1.807) is 0 Å². The minimum Gasteiger partial charge on any atom is -0.341 e. The minimum absolute atomic E-state index is 0.727. The molecule has 0 fully saturated rings. The van der Waals surface area contributed by atoms with Gasteiger partial charge in [-0.15, -0.1) is 0 Å². The van der Waals surface area contributed by atoms with Crippen LogP contribution in [0.5, 0.6) is 0 Å². The molecule has 0 saturated carbocycles. The van der Waals surface area contributed by atoms with Gasteiger partial charge in [-0.3, -0.25) is 0 Å². The third-order valence-electron chi connectivity index (χ3n) is 3.37. The number of hydrogen-bond acceptors (Lipinski definition) is 4. The molecule has 1 rings (SSSR count). The number of aromatic nitrogens is 2. The summed E-state index contributed by atoms with van der Waals surface area (Å²) in [6.45, 7) is 9.49. The van der Waals surface area contributed by atoms with Gasteiger partial charge in [0.25, 0.3) is 0 Å². The maximum Gasteiger partial charge on any atom is 0.225 e. The van der Waals surface area contributed by atoms with Crippen LogP contribution in [0, 0.1) is 5.92 Å². The highest BCUT2D eigenvalue weighted by atomic mass is 15.2. The second-order valence-electron chi connectivity index (χ2n) is 4.64. The van der Waals surface area contributed by atoms with Crippen LogP contribution in [0.2, 0.25) is 0 Å². The van der Waals surface area contributed by atoms with Crippen molar-refractivity contribution in [1.82, 2.24) is 15.3 Å². The van der Waals surface area contributed by atoms with Gasteiger partial charge in [0.15, 0.2) is 0 Å². The maximum atomic E-state index is 4.46. The van der Waals surface area contributed by atoms with Crippen molar-refractivity contribution < 1.29 is 0 Å². The smallest absolute Gasteiger partial charge is 0.225 e. The lowest BCUT2D eigenvalue weighted by atomic mass is 10.0. The topological polar surface area (TPSA) is 41.1 Å². The molecule has 0 spiro atoms. The van der Waals surface area contributed by atoms with Gasteiger partial charge >= 0.3 is 0 Å². The Bertz CT molecular complexity index is 319. The highest BCUT2D eigenvalue weighted by Crippen LogP contribution is 2.14. The van der Waals surface area contributed by atoms with Crippen molar-refractivity contribution in [1.29, 1.82) is 0 Å². The fourth-order valence-corrected chi connectivity index (χ4v) is 2.02. The van der Waals surface area contributed by atoms with Gasteiger partial charge in [-0.05, 0) is 19.9 Å². The molecule has 1 heterocycles. The van der Waals surface area contributed by atoms with Gasteiger partial charge in [-0.25, -0.2) is 9.97 Å². The molecule has 0 amide bonds. The largest absolute Gasteiger partial charge is 0.341 e. The molecule has 0 unspecified atom stereocenters. The van der Waals surface area contributed by atoms with E-state index in [9.17, 15) is 0 Å². The Hall–Kier alpha value is -1.16. The molecule has 0 bridgehead atoms. The van der Waals surface area contributed by atoms with Crippen LogP contribution in [0.3, 0.4) is 0 Å². The summed E-state index contributed by atoms with van der Waals surface area (Å²) in [5.41, 5.74) is 1.12. The van der Waals surface area contributed by atoms with Crippen molar-refractivity contribution in [2.24, 2.45) is 5.92 Å². The molecule has 4 heteroatoms. The fourth-order valence-electron chi connectivity index (χ4n) is 2.02. The molecule has 0 aliphatic carbocycles. The molecule has 102 valence electrons. The lowest BCUT2D eigenvalue weighted by Gasteiger charge is -2.25. The Labute approximate surface area is 111 Å². The van der Waals surface area contributed by atoms with Crippen LogP contribution in [-0.2, 0) is 6.54 Å². The Morgan fingerprint density at radius 1 is 1.17 bits per heavy atom. The standard InChI is InChI=1S/C14H26N4/c1-5-12(6-2)11-18(7-3)14-16-9-13(8-15-4)10-17-14/h9-10,12,15H,5-8,11H2,1-4H3. The first-order valence-corrected chi connectivity index (χ1v) is 6.95. The van der Waals surface area contributed by atoms with Crippen molar-refractivity contribution in [3.63, 3.8) is 0 Å². The molecule has 1 N–H and O–H groups in total. The van der Waals surface area contributed by atoms with Gasteiger partial charge in [0.1, 0.15) is 0 Å². The van der Waals surface area contributed by atoms with E-state index in [-0.39, 0.29) is 0 Å². The van der Waals surface area contributed by atoms with E-state index < -0.39 is 0 Å². The lowest BCUT2D eigenvalue weighted by Crippen LogP contribution is -2.30.